The molecular formula is C12H10N2OS. The van der Waals surface area contributed by atoms with Crippen molar-refractivity contribution in [1.82, 2.24) is 10.2 Å². The molecule has 2 aromatic rings. The highest BCUT2D eigenvalue weighted by Crippen LogP contribution is 2.09. The number of benzene rings is 1. The monoisotopic (exact) mass is 230 g/mol. The molecular weight excluding hydrogens is 220 g/mol. The molecule has 16 heavy (non-hydrogen) atoms. The van der Waals surface area contributed by atoms with Gasteiger partial charge in [0.05, 0.1) is 11.6 Å². The Morgan fingerprint density at radius 3 is 3.12 bits per heavy atom. The number of hydrogen-bond donors (Lipinski definition) is 2. The molecule has 0 unspecified atom stereocenters. The minimum atomic E-state index is -0.174. The fraction of sp³-hybridized carbons (Fsp3) is 0.167. The van der Waals surface area contributed by atoms with Gasteiger partial charge in [0, 0.05) is 23.1 Å². The first-order valence-electron chi connectivity index (χ1n) is 4.88. The van der Waals surface area contributed by atoms with Gasteiger partial charge in [0.1, 0.15) is 0 Å². The van der Waals surface area contributed by atoms with Crippen LogP contribution < -0.4 is 5.56 Å². The largest absolute Gasteiger partial charge is 0.272 e. The van der Waals surface area contributed by atoms with Gasteiger partial charge in [-0.25, -0.2) is 5.10 Å². The fourth-order valence-corrected chi connectivity index (χ4v) is 1.51. The zero-order chi connectivity index (χ0) is 11.4. The van der Waals surface area contributed by atoms with E-state index in [-0.39, 0.29) is 5.56 Å². The molecule has 0 atom stereocenters. The van der Waals surface area contributed by atoms with Gasteiger partial charge in [-0.1, -0.05) is 11.8 Å². The van der Waals surface area contributed by atoms with Crippen molar-refractivity contribution in [3.63, 3.8) is 0 Å². The number of nitrogens with one attached hydrogen (secondary N) is 1. The Bertz CT molecular complexity index is 622. The molecule has 0 saturated carbocycles. The number of H-pyrrole nitrogens is 1. The minimum Gasteiger partial charge on any atom is -0.267 e. The first kappa shape index (κ1) is 10.8. The van der Waals surface area contributed by atoms with Crippen molar-refractivity contribution in [2.45, 2.75) is 6.42 Å². The number of rotatable bonds is 1. The van der Waals surface area contributed by atoms with Gasteiger partial charge >= 0.3 is 0 Å². The van der Waals surface area contributed by atoms with E-state index in [9.17, 15) is 4.79 Å². The molecule has 3 nitrogen and oxygen atoms in total. The third kappa shape index (κ3) is 2.26. The quantitative estimate of drug-likeness (QED) is 0.577. The molecule has 80 valence electrons. The van der Waals surface area contributed by atoms with Crippen LogP contribution in [0.25, 0.3) is 10.8 Å². The van der Waals surface area contributed by atoms with E-state index in [1.54, 1.807) is 12.3 Å². The maximum atomic E-state index is 11.4. The van der Waals surface area contributed by atoms with Gasteiger partial charge in [-0.2, -0.15) is 17.7 Å². The summed E-state index contributed by atoms with van der Waals surface area (Å²) in [6.07, 6.45) is 2.38. The Morgan fingerprint density at radius 2 is 2.31 bits per heavy atom. The fourth-order valence-electron chi connectivity index (χ4n) is 1.40. The van der Waals surface area contributed by atoms with Gasteiger partial charge < -0.3 is 0 Å². The van der Waals surface area contributed by atoms with Crippen molar-refractivity contribution in [3.8, 4) is 11.8 Å². The van der Waals surface area contributed by atoms with Crippen LogP contribution in [0.4, 0.5) is 0 Å². The highest BCUT2D eigenvalue weighted by atomic mass is 32.1. The molecule has 0 aliphatic heterocycles. The highest BCUT2D eigenvalue weighted by Gasteiger charge is 1.98. The van der Waals surface area contributed by atoms with E-state index in [2.05, 4.69) is 34.7 Å². The van der Waals surface area contributed by atoms with Crippen molar-refractivity contribution >= 4 is 23.4 Å². The summed E-state index contributed by atoms with van der Waals surface area (Å²) in [4.78, 5) is 11.4. The average Bonchev–Trinajstić information content (AvgIpc) is 2.30. The Hall–Kier alpha value is -1.73. The summed E-state index contributed by atoms with van der Waals surface area (Å²) in [7, 11) is 0. The van der Waals surface area contributed by atoms with Crippen LogP contribution in [-0.2, 0) is 0 Å². The van der Waals surface area contributed by atoms with Gasteiger partial charge in [-0.15, -0.1) is 0 Å². The maximum Gasteiger partial charge on any atom is 0.272 e. The van der Waals surface area contributed by atoms with Crippen LogP contribution in [0.2, 0.25) is 0 Å². The second kappa shape index (κ2) is 4.86. The van der Waals surface area contributed by atoms with Gasteiger partial charge in [0.15, 0.2) is 0 Å². The van der Waals surface area contributed by atoms with Crippen LogP contribution >= 0.6 is 12.6 Å². The van der Waals surface area contributed by atoms with Crippen molar-refractivity contribution < 1.29 is 0 Å². The Morgan fingerprint density at radius 1 is 1.44 bits per heavy atom. The number of nitrogens with zero attached hydrogens (tertiary/aromatic N) is 1. The average molecular weight is 230 g/mol. The van der Waals surface area contributed by atoms with Crippen LogP contribution in [0.15, 0.2) is 29.2 Å². The maximum absolute atomic E-state index is 11.4. The topological polar surface area (TPSA) is 45.8 Å². The normalized spacial score (nSPS) is 9.81. The number of fused-ring (bicyclic) bond motifs is 1. The lowest BCUT2D eigenvalue weighted by Crippen LogP contribution is -2.07. The first-order valence-corrected chi connectivity index (χ1v) is 5.51. The van der Waals surface area contributed by atoms with Crippen LogP contribution in [0, 0.1) is 11.8 Å². The molecule has 0 bridgehead atoms. The third-order valence-corrected chi connectivity index (χ3v) is 2.36. The summed E-state index contributed by atoms with van der Waals surface area (Å²) in [6, 6.07) is 5.47. The van der Waals surface area contributed by atoms with Gasteiger partial charge in [0.2, 0.25) is 0 Å². The zero-order valence-corrected chi connectivity index (χ0v) is 9.42. The van der Waals surface area contributed by atoms with E-state index in [0.29, 0.717) is 5.39 Å². The predicted octanol–water partition coefficient (Wildman–Crippen LogP) is 1.59. The van der Waals surface area contributed by atoms with Crippen molar-refractivity contribution in [1.29, 1.82) is 0 Å². The molecule has 1 aromatic heterocycles. The molecule has 0 aliphatic rings. The van der Waals surface area contributed by atoms with Crippen LogP contribution in [0.1, 0.15) is 12.0 Å². The van der Waals surface area contributed by atoms with E-state index >= 15 is 0 Å². The summed E-state index contributed by atoms with van der Waals surface area (Å²) >= 11 is 4.08. The Labute approximate surface area is 98.3 Å². The molecule has 0 fully saturated rings. The van der Waals surface area contributed by atoms with E-state index in [4.69, 9.17) is 0 Å². The molecule has 2 rings (SSSR count). The van der Waals surface area contributed by atoms with E-state index < -0.39 is 0 Å². The van der Waals surface area contributed by atoms with Crippen molar-refractivity contribution in [2.75, 3.05) is 5.75 Å². The molecule has 0 radical (unpaired) electrons. The van der Waals surface area contributed by atoms with Crippen molar-refractivity contribution in [3.05, 3.63) is 40.3 Å². The molecule has 0 saturated heterocycles. The Kier molecular flexibility index (Phi) is 3.28. The first-order chi connectivity index (χ1) is 7.81. The summed E-state index contributed by atoms with van der Waals surface area (Å²) < 4.78 is 0. The predicted molar refractivity (Wildman–Crippen MR) is 67.7 cm³/mol. The molecule has 0 amide bonds. The molecule has 0 spiro atoms. The lowest BCUT2D eigenvalue weighted by Gasteiger charge is -1.95. The minimum absolute atomic E-state index is 0.174. The van der Waals surface area contributed by atoms with Gasteiger partial charge in [-0.3, -0.25) is 4.79 Å². The number of hydrogen-bond acceptors (Lipinski definition) is 3. The van der Waals surface area contributed by atoms with Gasteiger partial charge in [0.25, 0.3) is 5.56 Å². The number of aromatic nitrogens is 2. The lowest BCUT2D eigenvalue weighted by molar-refractivity contribution is 1.01. The summed E-state index contributed by atoms with van der Waals surface area (Å²) in [5, 5.41) is 7.59. The van der Waals surface area contributed by atoms with Gasteiger partial charge in [-0.05, 0) is 18.2 Å². The summed E-state index contributed by atoms with van der Waals surface area (Å²) in [5.74, 6) is 6.77. The number of thiol groups is 1. The smallest absolute Gasteiger partial charge is 0.267 e. The molecule has 1 heterocycles. The third-order valence-electron chi connectivity index (χ3n) is 2.14. The lowest BCUT2D eigenvalue weighted by atomic mass is 10.1. The SMILES string of the molecule is O=c1[nH]ncc2cc(C#CCCS)ccc12. The molecule has 0 aliphatic carbocycles. The summed E-state index contributed by atoms with van der Waals surface area (Å²) in [6.45, 7) is 0. The van der Waals surface area contributed by atoms with Crippen LogP contribution in [-0.4, -0.2) is 16.0 Å². The zero-order valence-electron chi connectivity index (χ0n) is 8.53. The van der Waals surface area contributed by atoms with Crippen LogP contribution in [0.3, 0.4) is 0 Å². The van der Waals surface area contributed by atoms with E-state index in [0.717, 1.165) is 23.1 Å². The second-order valence-electron chi connectivity index (χ2n) is 3.28. The Balaban J connectivity index is 2.46. The van der Waals surface area contributed by atoms with E-state index in [1.807, 2.05) is 12.1 Å². The summed E-state index contributed by atoms with van der Waals surface area (Å²) in [5.41, 5.74) is 0.717. The molecule has 1 N–H and O–H groups in total. The standard InChI is InChI=1S/C12H10N2OS/c15-12-11-5-4-9(3-1-2-6-16)7-10(11)8-13-14-12/h4-5,7-8,16H,2,6H2,(H,14,15). The number of aromatic amines is 1. The van der Waals surface area contributed by atoms with Crippen molar-refractivity contribution in [2.24, 2.45) is 0 Å². The molecule has 4 heteroatoms. The second-order valence-corrected chi connectivity index (χ2v) is 3.72. The molecule has 1 aromatic carbocycles. The van der Waals surface area contributed by atoms with Crippen LogP contribution in [0.5, 0.6) is 0 Å². The van der Waals surface area contributed by atoms with E-state index in [1.165, 1.54) is 0 Å². The highest BCUT2D eigenvalue weighted by molar-refractivity contribution is 7.80.